The summed E-state index contributed by atoms with van der Waals surface area (Å²) >= 11 is 0. The highest BCUT2D eigenvalue weighted by atomic mass is 16.7. The highest BCUT2D eigenvalue weighted by Gasteiger charge is 2.46. The maximum Gasteiger partial charge on any atom is 0.305 e. The molecule has 0 amide bonds. The van der Waals surface area contributed by atoms with Crippen molar-refractivity contribution in [3.63, 3.8) is 0 Å². The summed E-state index contributed by atoms with van der Waals surface area (Å²) in [6.45, 7) is 5.28. The molecule has 3 unspecified atom stereocenters. The molecule has 0 aromatic heterocycles. The van der Waals surface area contributed by atoms with E-state index in [2.05, 4.69) is 31.2 Å². The Hall–Kier alpha value is -1.74. The maximum atomic E-state index is 12.2. The van der Waals surface area contributed by atoms with Gasteiger partial charge in [-0.1, -0.05) is 44.1 Å². The van der Waals surface area contributed by atoms with E-state index in [4.69, 9.17) is 28.4 Å². The van der Waals surface area contributed by atoms with Crippen LogP contribution in [0, 0.1) is 17.3 Å². The number of esters is 2. The van der Waals surface area contributed by atoms with E-state index >= 15 is 0 Å². The van der Waals surface area contributed by atoms with E-state index in [0.717, 1.165) is 83.8 Å². The smallest absolute Gasteiger partial charge is 0.305 e. The lowest BCUT2D eigenvalue weighted by atomic mass is 9.62. The monoisotopic (exact) mass is 618 g/mol. The van der Waals surface area contributed by atoms with Crippen molar-refractivity contribution in [1.29, 1.82) is 0 Å². The number of rotatable bonds is 17. The van der Waals surface area contributed by atoms with Gasteiger partial charge in [-0.3, -0.25) is 9.59 Å². The Bertz CT molecular complexity index is 915. The first-order valence-electron chi connectivity index (χ1n) is 17.5. The normalized spacial score (nSPS) is 31.2. The molecule has 2 saturated heterocycles. The van der Waals surface area contributed by atoms with E-state index in [1.807, 2.05) is 0 Å². The average Bonchev–Trinajstić information content (AvgIpc) is 3.31. The van der Waals surface area contributed by atoms with E-state index in [0.29, 0.717) is 12.8 Å². The van der Waals surface area contributed by atoms with Gasteiger partial charge in [-0.05, 0) is 88.9 Å². The first-order chi connectivity index (χ1) is 21.4. The molecule has 0 N–H and O–H groups in total. The SMILES string of the molecule is CCCC1(C(CC=C[C@@H]2[C@@H](CC=CCCCC(=O)OC)[C@@H](OC(C)=O)C[C@H]2OC2CCCCO2)OC2CCCCO2)CCC1. The number of hydrogen-bond acceptors (Lipinski definition) is 8. The van der Waals surface area contributed by atoms with Crippen molar-refractivity contribution < 1.29 is 38.0 Å². The summed E-state index contributed by atoms with van der Waals surface area (Å²) < 4.78 is 36.0. The van der Waals surface area contributed by atoms with Crippen LogP contribution in [0.2, 0.25) is 0 Å². The predicted octanol–water partition coefficient (Wildman–Crippen LogP) is 7.58. The fraction of sp³-hybridized carbons (Fsp3) is 0.833. The second-order valence-electron chi connectivity index (χ2n) is 13.3. The number of unbranched alkanes of at least 4 members (excludes halogenated alkanes) is 1. The molecule has 4 fully saturated rings. The lowest BCUT2D eigenvalue weighted by Crippen LogP contribution is -2.45. The summed E-state index contributed by atoms with van der Waals surface area (Å²) in [7, 11) is 1.42. The molecule has 2 aliphatic carbocycles. The summed E-state index contributed by atoms with van der Waals surface area (Å²) in [4.78, 5) is 23.6. The topological polar surface area (TPSA) is 89.5 Å². The third-order valence-corrected chi connectivity index (χ3v) is 10.1. The minimum absolute atomic E-state index is 0.0830. The minimum atomic E-state index is -0.258. The van der Waals surface area contributed by atoms with Crippen LogP contribution >= 0.6 is 0 Å². The van der Waals surface area contributed by atoms with Gasteiger partial charge in [0.2, 0.25) is 0 Å². The van der Waals surface area contributed by atoms with Gasteiger partial charge in [0.25, 0.3) is 0 Å². The van der Waals surface area contributed by atoms with Crippen molar-refractivity contribution in [3.8, 4) is 0 Å². The number of allylic oxidation sites excluding steroid dienone is 2. The van der Waals surface area contributed by atoms with E-state index in [1.54, 1.807) is 0 Å². The summed E-state index contributed by atoms with van der Waals surface area (Å²) in [5, 5.41) is 0. The largest absolute Gasteiger partial charge is 0.469 e. The van der Waals surface area contributed by atoms with Crippen LogP contribution in [0.1, 0.15) is 123 Å². The fourth-order valence-electron chi connectivity index (χ4n) is 7.68. The summed E-state index contributed by atoms with van der Waals surface area (Å²) in [5.41, 5.74) is 0.230. The van der Waals surface area contributed by atoms with Crippen LogP contribution < -0.4 is 0 Å². The van der Waals surface area contributed by atoms with Gasteiger partial charge in [0.1, 0.15) is 6.10 Å². The van der Waals surface area contributed by atoms with Gasteiger partial charge >= 0.3 is 11.9 Å². The van der Waals surface area contributed by atoms with Gasteiger partial charge in [-0.2, -0.15) is 0 Å². The van der Waals surface area contributed by atoms with E-state index in [-0.39, 0.29) is 60.1 Å². The molecule has 0 bridgehead atoms. The number of carbonyl (C=O) groups excluding carboxylic acids is 2. The molecular weight excluding hydrogens is 560 g/mol. The molecule has 2 aliphatic heterocycles. The summed E-state index contributed by atoms with van der Waals surface area (Å²) in [6, 6.07) is 0. The van der Waals surface area contributed by atoms with Crippen molar-refractivity contribution in [2.75, 3.05) is 20.3 Å². The average molecular weight is 619 g/mol. The molecule has 0 aromatic rings. The zero-order chi connectivity index (χ0) is 31.2. The highest BCUT2D eigenvalue weighted by Crippen LogP contribution is 2.50. The standard InChI is InChI=1S/C36H58O8/c1-4-21-36(22-14-23-36)32(44-35-20-10-12-25-41-35)17-13-16-29-28(15-7-5-6-8-18-33(38)39-3)30(42-27(2)37)26-31(29)43-34-19-9-11-24-40-34/h5,7,13,16,28-32,34-35H,4,6,8-12,14-15,17-26H2,1-3H3/t28-,29-,30+,31-,32?,34?,35?/m1/s1. The number of ether oxygens (including phenoxy) is 6. The Morgan fingerprint density at radius 2 is 1.70 bits per heavy atom. The van der Waals surface area contributed by atoms with E-state index in [1.165, 1.54) is 39.7 Å². The molecule has 0 aromatic carbocycles. The van der Waals surface area contributed by atoms with Crippen LogP contribution in [0.5, 0.6) is 0 Å². The zero-order valence-corrected chi connectivity index (χ0v) is 27.6. The van der Waals surface area contributed by atoms with Crippen molar-refractivity contribution >= 4 is 11.9 Å². The molecule has 250 valence electrons. The molecule has 44 heavy (non-hydrogen) atoms. The first-order valence-corrected chi connectivity index (χ1v) is 17.5. The summed E-state index contributed by atoms with van der Waals surface area (Å²) in [6.07, 6.45) is 25.1. The Morgan fingerprint density at radius 1 is 0.955 bits per heavy atom. The number of carbonyl (C=O) groups is 2. The molecule has 2 saturated carbocycles. The fourth-order valence-corrected chi connectivity index (χ4v) is 7.68. The van der Waals surface area contributed by atoms with Gasteiger partial charge in [-0.15, -0.1) is 0 Å². The van der Waals surface area contributed by atoms with Crippen LogP contribution in [-0.4, -0.2) is 63.2 Å². The molecule has 4 rings (SSSR count). The Morgan fingerprint density at radius 3 is 2.32 bits per heavy atom. The zero-order valence-electron chi connectivity index (χ0n) is 27.6. The molecule has 0 spiro atoms. The number of methoxy groups -OCH3 is 1. The minimum Gasteiger partial charge on any atom is -0.469 e. The molecule has 4 aliphatic rings. The predicted molar refractivity (Wildman–Crippen MR) is 169 cm³/mol. The van der Waals surface area contributed by atoms with Crippen LogP contribution in [0.3, 0.4) is 0 Å². The van der Waals surface area contributed by atoms with Crippen LogP contribution in [0.15, 0.2) is 24.3 Å². The van der Waals surface area contributed by atoms with Crippen LogP contribution in [-0.2, 0) is 38.0 Å². The Kier molecular flexibility index (Phi) is 14.7. The first kappa shape index (κ1) is 35.1. The van der Waals surface area contributed by atoms with Gasteiger partial charge in [0.15, 0.2) is 12.6 Å². The molecule has 0 radical (unpaired) electrons. The van der Waals surface area contributed by atoms with Crippen molar-refractivity contribution in [1.82, 2.24) is 0 Å². The molecule has 7 atom stereocenters. The molecule has 2 heterocycles. The van der Waals surface area contributed by atoms with E-state index < -0.39 is 0 Å². The molecule has 8 nitrogen and oxygen atoms in total. The Balaban J connectivity index is 1.49. The van der Waals surface area contributed by atoms with Crippen molar-refractivity contribution in [2.24, 2.45) is 17.3 Å². The van der Waals surface area contributed by atoms with Crippen LogP contribution in [0.25, 0.3) is 0 Å². The summed E-state index contributed by atoms with van der Waals surface area (Å²) in [5.74, 6) is -0.263. The van der Waals surface area contributed by atoms with Crippen molar-refractivity contribution in [2.45, 2.75) is 154 Å². The second-order valence-corrected chi connectivity index (χ2v) is 13.3. The Labute approximate surface area is 265 Å². The van der Waals surface area contributed by atoms with Gasteiger partial charge in [0, 0.05) is 44.8 Å². The van der Waals surface area contributed by atoms with Gasteiger partial charge < -0.3 is 28.4 Å². The van der Waals surface area contributed by atoms with Gasteiger partial charge in [0.05, 0.1) is 19.3 Å². The third kappa shape index (κ3) is 10.4. The lowest BCUT2D eigenvalue weighted by Gasteiger charge is -2.48. The third-order valence-electron chi connectivity index (χ3n) is 10.1. The highest BCUT2D eigenvalue weighted by molar-refractivity contribution is 5.69. The molecular formula is C36H58O8. The lowest BCUT2D eigenvalue weighted by molar-refractivity contribution is -0.223. The van der Waals surface area contributed by atoms with Crippen LogP contribution in [0.4, 0.5) is 0 Å². The number of hydrogen-bond donors (Lipinski definition) is 0. The van der Waals surface area contributed by atoms with Crippen molar-refractivity contribution in [3.05, 3.63) is 24.3 Å². The quantitative estimate of drug-likeness (QED) is 0.0936. The second kappa shape index (κ2) is 18.4. The van der Waals surface area contributed by atoms with E-state index in [9.17, 15) is 9.59 Å². The molecule has 8 heteroatoms. The maximum absolute atomic E-state index is 12.2. The van der Waals surface area contributed by atoms with Gasteiger partial charge in [-0.25, -0.2) is 0 Å².